The Kier molecular flexibility index (Phi) is 9.69. The lowest BCUT2D eigenvalue weighted by Gasteiger charge is -1.63. The van der Waals surface area contributed by atoms with E-state index < -0.39 is 0 Å². The molecule has 0 unspecified atom stereocenters. The molecule has 1 aromatic rings. The van der Waals surface area contributed by atoms with Crippen LogP contribution >= 0.6 is 11.5 Å². The Morgan fingerprint density at radius 3 is 2.11 bits per heavy atom. The third-order valence-corrected chi connectivity index (χ3v) is 1.26. The standard InChI is InChI=1S/C4H5NS.C2H6.CH4/c1-4-2-5-6-3-4;1-2;/h2-3H,1H3;1-2H3;1H4. The summed E-state index contributed by atoms with van der Waals surface area (Å²) in [6.07, 6.45) is 1.85. The van der Waals surface area contributed by atoms with Crippen molar-refractivity contribution in [3.05, 3.63) is 17.1 Å². The zero-order valence-electron chi connectivity index (χ0n) is 5.51. The monoisotopic (exact) mass is 145 g/mol. The van der Waals surface area contributed by atoms with Crippen molar-refractivity contribution in [2.45, 2.75) is 28.2 Å². The molecule has 0 saturated carbocycles. The molecule has 1 heterocycles. The van der Waals surface area contributed by atoms with Crippen LogP contribution in [0.5, 0.6) is 0 Å². The van der Waals surface area contributed by atoms with E-state index in [1.54, 1.807) is 0 Å². The van der Waals surface area contributed by atoms with Crippen molar-refractivity contribution in [3.63, 3.8) is 0 Å². The molecule has 0 atom stereocenters. The first-order chi connectivity index (χ1) is 3.89. The van der Waals surface area contributed by atoms with Crippen LogP contribution in [0.25, 0.3) is 0 Å². The average molecular weight is 145 g/mol. The van der Waals surface area contributed by atoms with Crippen molar-refractivity contribution in [2.75, 3.05) is 0 Å². The second-order valence-corrected chi connectivity index (χ2v) is 1.86. The van der Waals surface area contributed by atoms with Crippen LogP contribution in [0, 0.1) is 6.92 Å². The molecule has 0 aliphatic carbocycles. The Morgan fingerprint density at radius 1 is 1.44 bits per heavy atom. The number of rotatable bonds is 0. The van der Waals surface area contributed by atoms with E-state index in [-0.39, 0.29) is 7.43 Å². The Balaban J connectivity index is 0. The fraction of sp³-hybridized carbons (Fsp3) is 0.571. The van der Waals surface area contributed by atoms with Gasteiger partial charge in [0.1, 0.15) is 0 Å². The molecule has 0 spiro atoms. The molecule has 2 heteroatoms. The number of hydrogen-bond donors (Lipinski definition) is 0. The van der Waals surface area contributed by atoms with Crippen molar-refractivity contribution >= 4 is 11.5 Å². The van der Waals surface area contributed by atoms with E-state index in [0.29, 0.717) is 0 Å². The maximum Gasteiger partial charge on any atom is 0.0436 e. The van der Waals surface area contributed by atoms with Gasteiger partial charge in [0.2, 0.25) is 0 Å². The Hall–Kier alpha value is -0.370. The summed E-state index contributed by atoms with van der Waals surface area (Å²) in [6.45, 7) is 6.03. The molecular formula is C7H15NS. The SMILES string of the molecule is C.CC.Cc1cnsc1. The topological polar surface area (TPSA) is 12.9 Å². The Labute approximate surface area is 61.9 Å². The summed E-state index contributed by atoms with van der Waals surface area (Å²) in [5.41, 5.74) is 1.25. The zero-order valence-corrected chi connectivity index (χ0v) is 6.33. The maximum absolute atomic E-state index is 3.86. The molecular weight excluding hydrogens is 130 g/mol. The van der Waals surface area contributed by atoms with Gasteiger partial charge in [-0.2, -0.15) is 0 Å². The minimum atomic E-state index is 0. The van der Waals surface area contributed by atoms with E-state index in [0.717, 1.165) is 0 Å². The summed E-state index contributed by atoms with van der Waals surface area (Å²) in [5.74, 6) is 0. The number of aryl methyl sites for hydroxylation is 1. The predicted molar refractivity (Wildman–Crippen MR) is 44.9 cm³/mol. The van der Waals surface area contributed by atoms with Crippen LogP contribution in [-0.4, -0.2) is 4.37 Å². The number of nitrogens with zero attached hydrogens (tertiary/aromatic N) is 1. The first kappa shape index (κ1) is 11.4. The van der Waals surface area contributed by atoms with Crippen LogP contribution < -0.4 is 0 Å². The van der Waals surface area contributed by atoms with E-state index in [1.165, 1.54) is 17.1 Å². The lowest BCUT2D eigenvalue weighted by molar-refractivity contribution is 1.46. The van der Waals surface area contributed by atoms with Gasteiger partial charge in [-0.1, -0.05) is 21.3 Å². The molecule has 0 aliphatic heterocycles. The minimum absolute atomic E-state index is 0. The van der Waals surface area contributed by atoms with Gasteiger partial charge in [0.15, 0.2) is 0 Å². The first-order valence-corrected chi connectivity index (χ1v) is 3.59. The number of aromatic nitrogens is 1. The van der Waals surface area contributed by atoms with Crippen molar-refractivity contribution < 1.29 is 0 Å². The highest BCUT2D eigenvalue weighted by atomic mass is 32.1. The van der Waals surface area contributed by atoms with Gasteiger partial charge in [-0.15, -0.1) is 0 Å². The minimum Gasteiger partial charge on any atom is -0.201 e. The average Bonchev–Trinajstić information content (AvgIpc) is 2.24. The second-order valence-electron chi connectivity index (χ2n) is 1.20. The highest BCUT2D eigenvalue weighted by molar-refractivity contribution is 7.03. The van der Waals surface area contributed by atoms with Crippen molar-refractivity contribution in [3.8, 4) is 0 Å². The molecule has 0 bridgehead atoms. The van der Waals surface area contributed by atoms with E-state index in [2.05, 4.69) is 4.37 Å². The molecule has 0 fully saturated rings. The summed E-state index contributed by atoms with van der Waals surface area (Å²) in [4.78, 5) is 0. The van der Waals surface area contributed by atoms with Gasteiger partial charge in [0, 0.05) is 11.6 Å². The molecule has 0 aliphatic rings. The number of hydrogen-bond acceptors (Lipinski definition) is 2. The lowest BCUT2D eigenvalue weighted by atomic mass is 10.5. The van der Waals surface area contributed by atoms with Crippen molar-refractivity contribution in [1.29, 1.82) is 0 Å². The van der Waals surface area contributed by atoms with Crippen molar-refractivity contribution in [1.82, 2.24) is 4.37 Å². The molecule has 1 rings (SSSR count). The molecule has 9 heavy (non-hydrogen) atoms. The molecule has 0 aromatic carbocycles. The first-order valence-electron chi connectivity index (χ1n) is 2.75. The van der Waals surface area contributed by atoms with Gasteiger partial charge in [0.25, 0.3) is 0 Å². The highest BCUT2D eigenvalue weighted by Gasteiger charge is 1.76. The van der Waals surface area contributed by atoms with Gasteiger partial charge in [0.05, 0.1) is 0 Å². The second kappa shape index (κ2) is 7.63. The summed E-state index contributed by atoms with van der Waals surface area (Å²) in [6, 6.07) is 0. The molecule has 54 valence electrons. The molecule has 0 amide bonds. The molecule has 1 nitrogen and oxygen atoms in total. The normalized spacial score (nSPS) is 6.56. The Morgan fingerprint density at radius 2 is 2.00 bits per heavy atom. The van der Waals surface area contributed by atoms with Gasteiger partial charge >= 0.3 is 0 Å². The van der Waals surface area contributed by atoms with Crippen molar-refractivity contribution in [2.24, 2.45) is 0 Å². The van der Waals surface area contributed by atoms with E-state index in [1.807, 2.05) is 32.3 Å². The van der Waals surface area contributed by atoms with Crippen LogP contribution in [-0.2, 0) is 0 Å². The fourth-order valence-corrected chi connectivity index (χ4v) is 0.773. The van der Waals surface area contributed by atoms with Gasteiger partial charge < -0.3 is 0 Å². The summed E-state index contributed by atoms with van der Waals surface area (Å²) < 4.78 is 3.86. The third kappa shape index (κ3) is 5.50. The lowest BCUT2D eigenvalue weighted by Crippen LogP contribution is -1.50. The van der Waals surface area contributed by atoms with Crippen LogP contribution in [0.1, 0.15) is 26.8 Å². The zero-order chi connectivity index (χ0) is 6.41. The van der Waals surface area contributed by atoms with Gasteiger partial charge in [-0.25, -0.2) is 4.37 Å². The fourth-order valence-electron chi connectivity index (χ4n) is 0.258. The largest absolute Gasteiger partial charge is 0.201 e. The summed E-state index contributed by atoms with van der Waals surface area (Å²) in [5, 5.41) is 2.01. The smallest absolute Gasteiger partial charge is 0.0436 e. The third-order valence-electron chi connectivity index (χ3n) is 0.556. The Bertz CT molecular complexity index is 112. The quantitative estimate of drug-likeness (QED) is 0.546. The van der Waals surface area contributed by atoms with Crippen LogP contribution in [0.3, 0.4) is 0 Å². The maximum atomic E-state index is 3.86. The molecule has 1 aromatic heterocycles. The van der Waals surface area contributed by atoms with Gasteiger partial charge in [-0.3, -0.25) is 0 Å². The van der Waals surface area contributed by atoms with E-state index >= 15 is 0 Å². The highest BCUT2D eigenvalue weighted by Crippen LogP contribution is 1.95. The summed E-state index contributed by atoms with van der Waals surface area (Å²) in [7, 11) is 0. The summed E-state index contributed by atoms with van der Waals surface area (Å²) >= 11 is 1.49. The molecule has 0 N–H and O–H groups in total. The molecule has 0 radical (unpaired) electrons. The predicted octanol–water partition coefficient (Wildman–Crippen LogP) is 3.11. The van der Waals surface area contributed by atoms with E-state index in [4.69, 9.17) is 0 Å². The van der Waals surface area contributed by atoms with Crippen LogP contribution in [0.2, 0.25) is 0 Å². The van der Waals surface area contributed by atoms with E-state index in [9.17, 15) is 0 Å². The van der Waals surface area contributed by atoms with Crippen LogP contribution in [0.15, 0.2) is 11.6 Å². The van der Waals surface area contributed by atoms with Gasteiger partial charge in [-0.05, 0) is 24.0 Å². The van der Waals surface area contributed by atoms with Crippen LogP contribution in [0.4, 0.5) is 0 Å². The molecule has 0 saturated heterocycles.